The van der Waals surface area contributed by atoms with Gasteiger partial charge in [0.25, 0.3) is 0 Å². The first-order valence-corrected chi connectivity index (χ1v) is 12.8. The number of ether oxygens (including phenoxy) is 1. The summed E-state index contributed by atoms with van der Waals surface area (Å²) in [7, 11) is 0. The number of pyridine rings is 2. The fourth-order valence-electron chi connectivity index (χ4n) is 5.31. The van der Waals surface area contributed by atoms with Crippen LogP contribution in [0.3, 0.4) is 0 Å². The fraction of sp³-hybridized carbons (Fsp3) is 0.481. The van der Waals surface area contributed by atoms with Crippen molar-refractivity contribution >= 4 is 29.9 Å². The second-order valence-corrected chi connectivity index (χ2v) is 10.0. The lowest BCUT2D eigenvalue weighted by molar-refractivity contribution is -0.131. The van der Waals surface area contributed by atoms with E-state index in [1.807, 2.05) is 13.0 Å². The largest absolute Gasteiger partial charge is 0.381 e. The molecule has 10 nitrogen and oxygen atoms in total. The Morgan fingerprint density at radius 1 is 1.30 bits per heavy atom. The lowest BCUT2D eigenvalue weighted by Gasteiger charge is -2.29. The molecule has 192 valence electrons. The van der Waals surface area contributed by atoms with E-state index < -0.39 is 6.03 Å². The van der Waals surface area contributed by atoms with Crippen LogP contribution in [0.15, 0.2) is 18.3 Å². The third kappa shape index (κ3) is 5.18. The molecule has 0 saturated carbocycles. The molecule has 37 heavy (non-hydrogen) atoms. The van der Waals surface area contributed by atoms with Crippen molar-refractivity contribution in [2.75, 3.05) is 36.5 Å². The third-order valence-corrected chi connectivity index (χ3v) is 7.44. The van der Waals surface area contributed by atoms with Gasteiger partial charge in [-0.1, -0.05) is 6.92 Å². The molecule has 3 aliphatic heterocycles. The number of likely N-dealkylation sites (tertiary alicyclic amines) is 1. The summed E-state index contributed by atoms with van der Waals surface area (Å²) in [5.41, 5.74) is 3.13. The maximum absolute atomic E-state index is 13.3. The smallest absolute Gasteiger partial charge is 0.328 e. The number of aldehydes is 1. The number of carbonyl (C=O) groups excluding carboxylic acids is 3. The Morgan fingerprint density at radius 3 is 2.86 bits per heavy atom. The van der Waals surface area contributed by atoms with Crippen molar-refractivity contribution < 1.29 is 19.1 Å². The van der Waals surface area contributed by atoms with Crippen LogP contribution in [-0.4, -0.2) is 59.4 Å². The molecule has 2 saturated heterocycles. The number of hydrogen-bond donors (Lipinski definition) is 1. The molecule has 0 aliphatic carbocycles. The quantitative estimate of drug-likeness (QED) is 0.601. The standard InChI is InChI=1S/C27H30N6O4/c1-17-4-7-32(26(17)35)14-21-10-19-3-2-6-33(25(19)30-23(21)15-34)27(36)31-24-11-20(22(12-28)13-29-24)9-18-5-8-37-16-18/h10-11,13,15,17-18H,2-9,14,16H2,1H3,(H,29,31,36)/t17-,18+/m1/s1. The second kappa shape index (κ2) is 10.6. The minimum atomic E-state index is -0.394. The summed E-state index contributed by atoms with van der Waals surface area (Å²) in [5.74, 6) is 1.23. The molecule has 2 aromatic rings. The molecule has 0 aromatic carbocycles. The number of anilines is 2. The van der Waals surface area contributed by atoms with Gasteiger partial charge in [-0.3, -0.25) is 19.8 Å². The van der Waals surface area contributed by atoms with Gasteiger partial charge in [-0.15, -0.1) is 0 Å². The van der Waals surface area contributed by atoms with Crippen molar-refractivity contribution in [1.29, 1.82) is 5.26 Å². The fourth-order valence-corrected chi connectivity index (χ4v) is 5.31. The number of hydrogen-bond acceptors (Lipinski definition) is 7. The highest BCUT2D eigenvalue weighted by atomic mass is 16.5. The molecule has 5 heterocycles. The SMILES string of the molecule is C[C@@H]1CCN(Cc2cc3c(nc2C=O)N(C(=O)Nc2cc(C[C@@H]4CCOC4)c(C#N)cn2)CCC3)C1=O. The molecule has 2 atom stereocenters. The van der Waals surface area contributed by atoms with E-state index in [1.165, 1.54) is 11.1 Å². The van der Waals surface area contributed by atoms with Gasteiger partial charge in [-0.05, 0) is 61.3 Å². The number of amides is 3. The van der Waals surface area contributed by atoms with Crippen molar-refractivity contribution in [2.24, 2.45) is 11.8 Å². The first-order valence-electron chi connectivity index (χ1n) is 12.8. The van der Waals surface area contributed by atoms with Crippen LogP contribution in [0.1, 0.15) is 58.9 Å². The number of urea groups is 1. The highest BCUT2D eigenvalue weighted by Gasteiger charge is 2.30. The van der Waals surface area contributed by atoms with E-state index in [2.05, 4.69) is 21.4 Å². The van der Waals surface area contributed by atoms with Crippen molar-refractivity contribution in [3.8, 4) is 6.07 Å². The molecule has 2 aromatic heterocycles. The average Bonchev–Trinajstić information content (AvgIpc) is 3.53. The highest BCUT2D eigenvalue weighted by Crippen LogP contribution is 2.30. The maximum atomic E-state index is 13.3. The number of fused-ring (bicyclic) bond motifs is 1. The van der Waals surface area contributed by atoms with Crippen molar-refractivity contribution in [1.82, 2.24) is 14.9 Å². The monoisotopic (exact) mass is 502 g/mol. The van der Waals surface area contributed by atoms with E-state index in [-0.39, 0.29) is 17.5 Å². The van der Waals surface area contributed by atoms with Gasteiger partial charge in [0, 0.05) is 50.5 Å². The van der Waals surface area contributed by atoms with Gasteiger partial charge in [0.15, 0.2) is 6.29 Å². The molecular weight excluding hydrogens is 472 g/mol. The molecule has 2 fully saturated rings. The molecule has 0 radical (unpaired) electrons. The van der Waals surface area contributed by atoms with Gasteiger partial charge < -0.3 is 9.64 Å². The Hall–Kier alpha value is -3.84. The predicted octanol–water partition coefficient (Wildman–Crippen LogP) is 3.09. The number of aromatic nitrogens is 2. The highest BCUT2D eigenvalue weighted by molar-refractivity contribution is 6.01. The molecule has 1 N–H and O–H groups in total. The molecule has 3 amide bonds. The summed E-state index contributed by atoms with van der Waals surface area (Å²) in [6.07, 6.45) is 6.08. The van der Waals surface area contributed by atoms with Crippen LogP contribution in [0, 0.1) is 23.2 Å². The Labute approximate surface area is 215 Å². The van der Waals surface area contributed by atoms with Gasteiger partial charge in [-0.25, -0.2) is 14.8 Å². The Balaban J connectivity index is 1.35. The zero-order valence-corrected chi connectivity index (χ0v) is 20.9. The van der Waals surface area contributed by atoms with Crippen molar-refractivity contribution in [2.45, 2.75) is 45.6 Å². The molecular formula is C27H30N6O4. The lowest BCUT2D eigenvalue weighted by atomic mass is 9.96. The number of nitriles is 1. The van der Waals surface area contributed by atoms with E-state index in [1.54, 1.807) is 11.0 Å². The maximum Gasteiger partial charge on any atom is 0.328 e. The van der Waals surface area contributed by atoms with Gasteiger partial charge in [0.1, 0.15) is 23.4 Å². The minimum absolute atomic E-state index is 0.00713. The Bertz CT molecular complexity index is 1270. The molecule has 5 rings (SSSR count). The molecule has 0 spiro atoms. The Kier molecular flexibility index (Phi) is 7.15. The van der Waals surface area contributed by atoms with Crippen LogP contribution < -0.4 is 10.2 Å². The minimum Gasteiger partial charge on any atom is -0.381 e. The van der Waals surface area contributed by atoms with Crippen LogP contribution in [0.4, 0.5) is 16.4 Å². The number of nitrogens with zero attached hydrogens (tertiary/aromatic N) is 5. The van der Waals surface area contributed by atoms with E-state index in [0.717, 1.165) is 43.4 Å². The summed E-state index contributed by atoms with van der Waals surface area (Å²) in [5, 5.41) is 12.3. The first kappa shape index (κ1) is 24.8. The lowest BCUT2D eigenvalue weighted by Crippen LogP contribution is -2.40. The molecule has 0 bridgehead atoms. The topological polar surface area (TPSA) is 129 Å². The number of carbonyl (C=O) groups is 3. The first-order chi connectivity index (χ1) is 18.0. The summed E-state index contributed by atoms with van der Waals surface area (Å²) in [6.45, 7) is 4.76. The van der Waals surface area contributed by atoms with Crippen molar-refractivity contribution in [3.05, 3.63) is 46.3 Å². The molecule has 3 aliphatic rings. The molecule has 0 unspecified atom stereocenters. The van der Waals surface area contributed by atoms with E-state index >= 15 is 0 Å². The van der Waals surface area contributed by atoms with Crippen LogP contribution in [-0.2, 0) is 28.9 Å². The van der Waals surface area contributed by atoms with Crippen LogP contribution >= 0.6 is 0 Å². The summed E-state index contributed by atoms with van der Waals surface area (Å²) in [4.78, 5) is 49.7. The average molecular weight is 503 g/mol. The van der Waals surface area contributed by atoms with E-state index in [0.29, 0.717) is 67.6 Å². The van der Waals surface area contributed by atoms with Gasteiger partial charge >= 0.3 is 6.03 Å². The normalized spacial score (nSPS) is 21.0. The van der Waals surface area contributed by atoms with Gasteiger partial charge in [-0.2, -0.15) is 5.26 Å². The molecule has 10 heteroatoms. The zero-order valence-electron chi connectivity index (χ0n) is 20.9. The van der Waals surface area contributed by atoms with Gasteiger partial charge in [0.05, 0.1) is 5.56 Å². The van der Waals surface area contributed by atoms with Gasteiger partial charge in [0.2, 0.25) is 5.91 Å². The van der Waals surface area contributed by atoms with Crippen LogP contribution in [0.25, 0.3) is 0 Å². The second-order valence-electron chi connectivity index (χ2n) is 10.0. The van der Waals surface area contributed by atoms with E-state index in [4.69, 9.17) is 4.74 Å². The summed E-state index contributed by atoms with van der Waals surface area (Å²) in [6, 6.07) is 5.44. The summed E-state index contributed by atoms with van der Waals surface area (Å²) >= 11 is 0. The number of aryl methyl sites for hydroxylation is 1. The van der Waals surface area contributed by atoms with E-state index in [9.17, 15) is 19.6 Å². The van der Waals surface area contributed by atoms with Crippen LogP contribution in [0.2, 0.25) is 0 Å². The zero-order chi connectivity index (χ0) is 25.9. The Morgan fingerprint density at radius 2 is 2.16 bits per heavy atom. The summed E-state index contributed by atoms with van der Waals surface area (Å²) < 4.78 is 5.46. The number of rotatable bonds is 6. The van der Waals surface area contributed by atoms with Crippen molar-refractivity contribution in [3.63, 3.8) is 0 Å². The number of nitrogens with one attached hydrogen (secondary N) is 1. The predicted molar refractivity (Wildman–Crippen MR) is 135 cm³/mol. The third-order valence-electron chi connectivity index (χ3n) is 7.44. The van der Waals surface area contributed by atoms with Crippen LogP contribution in [0.5, 0.6) is 0 Å².